The maximum absolute atomic E-state index is 12.6. The van der Waals surface area contributed by atoms with E-state index in [1.54, 1.807) is 17.0 Å². The Labute approximate surface area is 167 Å². The molecule has 1 amide bonds. The minimum atomic E-state index is -0.388. The topological polar surface area (TPSA) is 92.6 Å². The van der Waals surface area contributed by atoms with Crippen LogP contribution < -0.4 is 0 Å². The molecule has 0 spiro atoms. The average molecular weight is 394 g/mol. The standard InChI is InChI=1S/C22H22N2O5/c1-14-20(16-5-2-3-6-17(16)23-14)18(25)13-29-22(27)15-8-10-24(11-9-15)21(26)19-7-4-12-28-19/h2-7,12,15,23H,8-11,13H2,1H3. The van der Waals surface area contributed by atoms with E-state index in [1.165, 1.54) is 6.26 Å². The van der Waals surface area contributed by atoms with E-state index >= 15 is 0 Å². The van der Waals surface area contributed by atoms with E-state index in [2.05, 4.69) is 4.98 Å². The van der Waals surface area contributed by atoms with Crippen molar-refractivity contribution < 1.29 is 23.5 Å². The normalized spacial score (nSPS) is 14.9. The molecule has 1 aliphatic rings. The molecular weight excluding hydrogens is 372 g/mol. The molecule has 0 saturated carbocycles. The second-order valence-corrected chi connectivity index (χ2v) is 7.25. The number of likely N-dealkylation sites (tertiary alicyclic amines) is 1. The number of esters is 1. The number of para-hydroxylation sites is 1. The minimum Gasteiger partial charge on any atom is -0.459 e. The number of nitrogens with one attached hydrogen (secondary N) is 1. The molecule has 0 bridgehead atoms. The van der Waals surface area contributed by atoms with Gasteiger partial charge in [-0.25, -0.2) is 0 Å². The zero-order valence-electron chi connectivity index (χ0n) is 16.1. The molecule has 3 aromatic rings. The first-order valence-corrected chi connectivity index (χ1v) is 9.64. The van der Waals surface area contributed by atoms with Gasteiger partial charge in [-0.2, -0.15) is 0 Å². The summed E-state index contributed by atoms with van der Waals surface area (Å²) in [5, 5.41) is 0.829. The number of aryl methyl sites for hydroxylation is 1. The Hall–Kier alpha value is -3.35. The molecule has 3 heterocycles. The predicted molar refractivity (Wildman–Crippen MR) is 106 cm³/mol. The first-order chi connectivity index (χ1) is 14.0. The van der Waals surface area contributed by atoms with Gasteiger partial charge in [-0.1, -0.05) is 18.2 Å². The van der Waals surface area contributed by atoms with Crippen LogP contribution in [0.5, 0.6) is 0 Å². The quantitative estimate of drug-likeness (QED) is 0.529. The predicted octanol–water partition coefficient (Wildman–Crippen LogP) is 3.35. The Morgan fingerprint density at radius 2 is 1.90 bits per heavy atom. The zero-order chi connectivity index (χ0) is 20.4. The first-order valence-electron chi connectivity index (χ1n) is 9.64. The summed E-state index contributed by atoms with van der Waals surface area (Å²) in [5.41, 5.74) is 2.21. The van der Waals surface area contributed by atoms with E-state index < -0.39 is 0 Å². The van der Waals surface area contributed by atoms with Crippen molar-refractivity contribution in [3.63, 3.8) is 0 Å². The highest BCUT2D eigenvalue weighted by atomic mass is 16.5. The monoisotopic (exact) mass is 394 g/mol. The lowest BCUT2D eigenvalue weighted by Gasteiger charge is -2.30. The van der Waals surface area contributed by atoms with Crippen molar-refractivity contribution in [1.82, 2.24) is 9.88 Å². The smallest absolute Gasteiger partial charge is 0.309 e. The van der Waals surface area contributed by atoms with Crippen molar-refractivity contribution >= 4 is 28.6 Å². The number of amides is 1. The van der Waals surface area contributed by atoms with E-state index in [9.17, 15) is 14.4 Å². The van der Waals surface area contributed by atoms with Gasteiger partial charge in [0.2, 0.25) is 5.78 Å². The van der Waals surface area contributed by atoms with E-state index in [1.807, 2.05) is 31.2 Å². The molecule has 1 aromatic carbocycles. The summed E-state index contributed by atoms with van der Waals surface area (Å²) in [6.45, 7) is 2.46. The number of carbonyl (C=O) groups is 3. The molecule has 29 heavy (non-hydrogen) atoms. The van der Waals surface area contributed by atoms with Crippen LogP contribution >= 0.6 is 0 Å². The second kappa shape index (κ2) is 7.95. The van der Waals surface area contributed by atoms with Crippen LogP contribution in [-0.2, 0) is 9.53 Å². The molecule has 0 radical (unpaired) electrons. The van der Waals surface area contributed by atoms with Gasteiger partial charge in [0.15, 0.2) is 12.4 Å². The number of H-pyrrole nitrogens is 1. The number of benzene rings is 1. The molecule has 2 aromatic heterocycles. The number of aromatic nitrogens is 1. The lowest BCUT2D eigenvalue weighted by molar-refractivity contribution is -0.148. The molecule has 1 fully saturated rings. The number of nitrogens with zero attached hydrogens (tertiary/aromatic N) is 1. The highest BCUT2D eigenvalue weighted by molar-refractivity contribution is 6.10. The van der Waals surface area contributed by atoms with E-state index in [0.717, 1.165) is 16.6 Å². The van der Waals surface area contributed by atoms with Crippen molar-refractivity contribution in [3.8, 4) is 0 Å². The van der Waals surface area contributed by atoms with Crippen LogP contribution in [0.4, 0.5) is 0 Å². The highest BCUT2D eigenvalue weighted by Crippen LogP contribution is 2.24. The van der Waals surface area contributed by atoms with Gasteiger partial charge in [0.1, 0.15) is 0 Å². The number of ether oxygens (including phenoxy) is 1. The van der Waals surface area contributed by atoms with Crippen LogP contribution in [0.15, 0.2) is 47.1 Å². The van der Waals surface area contributed by atoms with E-state index in [4.69, 9.17) is 9.15 Å². The molecule has 1 saturated heterocycles. The summed E-state index contributed by atoms with van der Waals surface area (Å²) in [6.07, 6.45) is 2.47. The summed E-state index contributed by atoms with van der Waals surface area (Å²) in [7, 11) is 0. The van der Waals surface area contributed by atoms with Crippen LogP contribution in [0, 0.1) is 12.8 Å². The molecule has 4 rings (SSSR count). The number of furan rings is 1. The number of fused-ring (bicyclic) bond motifs is 1. The second-order valence-electron chi connectivity index (χ2n) is 7.25. The fourth-order valence-electron chi connectivity index (χ4n) is 3.84. The Morgan fingerprint density at radius 3 is 2.62 bits per heavy atom. The molecular formula is C22H22N2O5. The van der Waals surface area contributed by atoms with E-state index in [0.29, 0.717) is 37.3 Å². The number of hydrogen-bond donors (Lipinski definition) is 1. The molecule has 7 heteroatoms. The van der Waals surface area contributed by atoms with Gasteiger partial charge >= 0.3 is 5.97 Å². The lowest BCUT2D eigenvalue weighted by Crippen LogP contribution is -2.40. The van der Waals surface area contributed by atoms with Crippen molar-refractivity contribution in [2.75, 3.05) is 19.7 Å². The Kier molecular flexibility index (Phi) is 5.20. The number of aromatic amines is 1. The maximum atomic E-state index is 12.6. The van der Waals surface area contributed by atoms with Crippen molar-refractivity contribution in [2.45, 2.75) is 19.8 Å². The number of rotatable bonds is 5. The van der Waals surface area contributed by atoms with Crippen LogP contribution in [0.1, 0.15) is 39.4 Å². The number of hydrogen-bond acceptors (Lipinski definition) is 5. The molecule has 0 atom stereocenters. The van der Waals surface area contributed by atoms with Gasteiger partial charge in [0.25, 0.3) is 5.91 Å². The largest absolute Gasteiger partial charge is 0.459 e. The summed E-state index contributed by atoms with van der Waals surface area (Å²) >= 11 is 0. The Bertz CT molecular complexity index is 1040. The average Bonchev–Trinajstić information content (AvgIpc) is 3.38. The number of Topliss-reactive ketones (excluding diaryl/α,β-unsaturated/α-hetero) is 1. The van der Waals surface area contributed by atoms with Crippen LogP contribution in [-0.4, -0.2) is 47.2 Å². The Morgan fingerprint density at radius 1 is 1.14 bits per heavy atom. The fourth-order valence-corrected chi connectivity index (χ4v) is 3.84. The van der Waals surface area contributed by atoms with Crippen LogP contribution in [0.2, 0.25) is 0 Å². The molecule has 0 unspecified atom stereocenters. The zero-order valence-corrected chi connectivity index (χ0v) is 16.1. The molecule has 0 aliphatic carbocycles. The molecule has 150 valence electrons. The maximum Gasteiger partial charge on any atom is 0.309 e. The number of carbonyl (C=O) groups excluding carboxylic acids is 3. The van der Waals surface area contributed by atoms with Gasteiger partial charge in [-0.15, -0.1) is 0 Å². The van der Waals surface area contributed by atoms with Crippen molar-refractivity contribution in [2.24, 2.45) is 5.92 Å². The van der Waals surface area contributed by atoms with Crippen LogP contribution in [0.3, 0.4) is 0 Å². The van der Waals surface area contributed by atoms with Gasteiger partial charge in [0, 0.05) is 35.2 Å². The van der Waals surface area contributed by atoms with Gasteiger partial charge in [0.05, 0.1) is 12.2 Å². The highest BCUT2D eigenvalue weighted by Gasteiger charge is 2.30. The molecule has 7 nitrogen and oxygen atoms in total. The minimum absolute atomic E-state index is 0.174. The summed E-state index contributed by atoms with van der Waals surface area (Å²) in [4.78, 5) is 42.2. The molecule has 1 N–H and O–H groups in total. The lowest BCUT2D eigenvalue weighted by atomic mass is 9.97. The van der Waals surface area contributed by atoms with Crippen LogP contribution in [0.25, 0.3) is 10.9 Å². The third-order valence-electron chi connectivity index (χ3n) is 5.37. The third-order valence-corrected chi connectivity index (χ3v) is 5.37. The van der Waals surface area contributed by atoms with Gasteiger partial charge in [-0.05, 0) is 38.0 Å². The number of piperidine rings is 1. The van der Waals surface area contributed by atoms with Crippen molar-refractivity contribution in [1.29, 1.82) is 0 Å². The van der Waals surface area contributed by atoms with E-state index in [-0.39, 0.29) is 30.2 Å². The first kappa shape index (κ1) is 19.0. The molecule has 1 aliphatic heterocycles. The summed E-state index contributed by atoms with van der Waals surface area (Å²) in [5.74, 6) is -0.801. The SMILES string of the molecule is Cc1[nH]c2ccccc2c1C(=O)COC(=O)C1CCN(C(=O)c2ccco2)CC1. The fraction of sp³-hybridized carbons (Fsp3) is 0.318. The van der Waals surface area contributed by atoms with Crippen molar-refractivity contribution in [3.05, 3.63) is 59.7 Å². The van der Waals surface area contributed by atoms with Gasteiger partial charge in [-0.3, -0.25) is 14.4 Å². The summed E-state index contributed by atoms with van der Waals surface area (Å²) < 4.78 is 10.5. The summed E-state index contributed by atoms with van der Waals surface area (Å²) in [6, 6.07) is 10.8. The Balaban J connectivity index is 1.32. The number of ketones is 1. The van der Waals surface area contributed by atoms with Gasteiger partial charge < -0.3 is 19.0 Å². The third kappa shape index (κ3) is 3.81.